The lowest BCUT2D eigenvalue weighted by Crippen LogP contribution is -2.27. The van der Waals surface area contributed by atoms with Crippen molar-refractivity contribution in [2.75, 3.05) is 25.6 Å². The fraction of sp³-hybridized carbons (Fsp3) is 0.136. The molecule has 0 saturated carbocycles. The highest BCUT2D eigenvalue weighted by Gasteiger charge is 2.10. The fourth-order valence-electron chi connectivity index (χ4n) is 3.03. The van der Waals surface area contributed by atoms with Gasteiger partial charge in [0.05, 0.1) is 34.6 Å². The molecule has 2 aromatic carbocycles. The van der Waals surface area contributed by atoms with Crippen LogP contribution in [-0.2, 0) is 4.74 Å². The van der Waals surface area contributed by atoms with Gasteiger partial charge in [-0.1, -0.05) is 23.7 Å². The summed E-state index contributed by atoms with van der Waals surface area (Å²) >= 11 is 6.23. The number of para-hydroxylation sites is 1. The maximum Gasteiger partial charge on any atom is 0.252 e. The maximum atomic E-state index is 12.1. The largest absolute Gasteiger partial charge is 0.383 e. The number of pyridine rings is 1. The van der Waals surface area contributed by atoms with Crippen LogP contribution in [0.15, 0.2) is 67.0 Å². The van der Waals surface area contributed by atoms with Crippen LogP contribution < -0.4 is 10.6 Å². The smallest absolute Gasteiger partial charge is 0.252 e. The van der Waals surface area contributed by atoms with E-state index >= 15 is 0 Å². The summed E-state index contributed by atoms with van der Waals surface area (Å²) in [6, 6.07) is 17.0. The zero-order valence-corrected chi connectivity index (χ0v) is 17.1. The van der Waals surface area contributed by atoms with Crippen LogP contribution in [0.25, 0.3) is 16.7 Å². The number of methoxy groups -OCH3 is 1. The first-order chi connectivity index (χ1) is 14.7. The molecule has 2 aromatic heterocycles. The molecular weight excluding hydrogens is 402 g/mol. The summed E-state index contributed by atoms with van der Waals surface area (Å²) in [5, 5.41) is 12.1. The number of halogens is 1. The summed E-state index contributed by atoms with van der Waals surface area (Å²) in [6.45, 7) is 0.912. The van der Waals surface area contributed by atoms with Gasteiger partial charge in [0.15, 0.2) is 5.82 Å². The van der Waals surface area contributed by atoms with Gasteiger partial charge < -0.3 is 15.4 Å². The van der Waals surface area contributed by atoms with Gasteiger partial charge in [0, 0.05) is 30.9 Å². The lowest BCUT2D eigenvalue weighted by atomic mass is 10.2. The number of hydrogen-bond donors (Lipinski definition) is 2. The van der Waals surface area contributed by atoms with Gasteiger partial charge in [0.2, 0.25) is 0 Å². The minimum Gasteiger partial charge on any atom is -0.383 e. The van der Waals surface area contributed by atoms with Crippen LogP contribution in [0.1, 0.15) is 10.4 Å². The van der Waals surface area contributed by atoms with E-state index in [1.54, 1.807) is 30.1 Å². The Labute approximate surface area is 178 Å². The minimum absolute atomic E-state index is 0.188. The highest BCUT2D eigenvalue weighted by molar-refractivity contribution is 6.33. The molecule has 0 unspecified atom stereocenters. The molecule has 2 heterocycles. The van der Waals surface area contributed by atoms with E-state index in [9.17, 15) is 4.79 Å². The van der Waals surface area contributed by atoms with Crippen molar-refractivity contribution in [3.8, 4) is 5.82 Å². The first-order valence-corrected chi connectivity index (χ1v) is 9.76. The number of hydrogen-bond acceptors (Lipinski definition) is 5. The SMILES string of the molecule is COCCNC(=O)c1ccc(-n2ncc3cc(Nc4ccccc4Cl)ccc32)nc1. The molecule has 0 saturated heterocycles. The summed E-state index contributed by atoms with van der Waals surface area (Å²) < 4.78 is 6.67. The summed E-state index contributed by atoms with van der Waals surface area (Å²) in [6.07, 6.45) is 3.32. The summed E-state index contributed by atoms with van der Waals surface area (Å²) in [7, 11) is 1.59. The molecule has 8 heteroatoms. The van der Waals surface area contributed by atoms with Gasteiger partial charge in [-0.05, 0) is 42.5 Å². The number of nitrogens with one attached hydrogen (secondary N) is 2. The van der Waals surface area contributed by atoms with Crippen LogP contribution in [0.5, 0.6) is 0 Å². The molecule has 0 aliphatic heterocycles. The average molecular weight is 422 g/mol. The van der Waals surface area contributed by atoms with Crippen molar-refractivity contribution in [2.24, 2.45) is 0 Å². The van der Waals surface area contributed by atoms with Crippen LogP contribution in [0.4, 0.5) is 11.4 Å². The van der Waals surface area contributed by atoms with Gasteiger partial charge in [-0.2, -0.15) is 5.10 Å². The molecule has 4 rings (SSSR count). The molecule has 4 aromatic rings. The van der Waals surface area contributed by atoms with Crippen LogP contribution in [-0.4, -0.2) is 40.9 Å². The topological polar surface area (TPSA) is 81.1 Å². The third-order valence-corrected chi connectivity index (χ3v) is 4.87. The molecule has 0 aliphatic rings. The first kappa shape index (κ1) is 19.9. The van der Waals surface area contributed by atoms with E-state index in [2.05, 4.69) is 20.7 Å². The molecule has 30 heavy (non-hydrogen) atoms. The van der Waals surface area contributed by atoms with Crippen molar-refractivity contribution in [1.82, 2.24) is 20.1 Å². The molecule has 1 amide bonds. The average Bonchev–Trinajstić information content (AvgIpc) is 3.19. The Morgan fingerprint density at radius 2 is 2.00 bits per heavy atom. The van der Waals surface area contributed by atoms with Gasteiger partial charge in [-0.3, -0.25) is 4.79 Å². The number of rotatable bonds is 7. The molecule has 0 spiro atoms. The molecule has 0 aliphatic carbocycles. The van der Waals surface area contributed by atoms with E-state index in [4.69, 9.17) is 16.3 Å². The van der Waals surface area contributed by atoms with Gasteiger partial charge in [0.1, 0.15) is 0 Å². The molecule has 152 valence electrons. The predicted octanol–water partition coefficient (Wildman–Crippen LogP) is 4.19. The van der Waals surface area contributed by atoms with Crippen molar-refractivity contribution < 1.29 is 9.53 Å². The van der Waals surface area contributed by atoms with E-state index in [-0.39, 0.29) is 5.91 Å². The Kier molecular flexibility index (Phi) is 5.92. The van der Waals surface area contributed by atoms with Gasteiger partial charge in [-0.25, -0.2) is 9.67 Å². The van der Waals surface area contributed by atoms with Crippen molar-refractivity contribution in [1.29, 1.82) is 0 Å². The number of nitrogens with zero attached hydrogens (tertiary/aromatic N) is 3. The lowest BCUT2D eigenvalue weighted by molar-refractivity contribution is 0.0936. The second kappa shape index (κ2) is 8.94. The van der Waals surface area contributed by atoms with E-state index in [1.807, 2.05) is 42.5 Å². The number of amides is 1. The monoisotopic (exact) mass is 421 g/mol. The Balaban J connectivity index is 1.54. The molecule has 2 N–H and O–H groups in total. The molecule has 0 fully saturated rings. The van der Waals surface area contributed by atoms with Crippen molar-refractivity contribution in [2.45, 2.75) is 0 Å². The number of carbonyl (C=O) groups is 1. The minimum atomic E-state index is -0.188. The maximum absolute atomic E-state index is 12.1. The number of ether oxygens (including phenoxy) is 1. The van der Waals surface area contributed by atoms with E-state index in [0.29, 0.717) is 29.6 Å². The molecule has 0 atom stereocenters. The normalized spacial score (nSPS) is 10.9. The standard InChI is InChI=1S/C22H20ClN5O2/c1-30-11-10-24-22(29)15-6-9-21(25-13-15)28-20-8-7-17(12-16(20)14-26-28)27-19-5-3-2-4-18(19)23/h2-9,12-14,27H,10-11H2,1H3,(H,24,29). The summed E-state index contributed by atoms with van der Waals surface area (Å²) in [5.41, 5.74) is 3.14. The molecule has 7 nitrogen and oxygen atoms in total. The number of benzene rings is 2. The second-order valence-electron chi connectivity index (χ2n) is 6.59. The third kappa shape index (κ3) is 4.27. The van der Waals surface area contributed by atoms with Crippen LogP contribution in [0, 0.1) is 0 Å². The number of carbonyl (C=O) groups excluding carboxylic acids is 1. The van der Waals surface area contributed by atoms with Crippen molar-refractivity contribution in [3.63, 3.8) is 0 Å². The van der Waals surface area contributed by atoms with E-state index in [1.165, 1.54) is 6.20 Å². The quantitative estimate of drug-likeness (QED) is 0.437. The van der Waals surface area contributed by atoms with Crippen molar-refractivity contribution >= 4 is 39.8 Å². The zero-order valence-electron chi connectivity index (χ0n) is 16.3. The molecule has 0 bridgehead atoms. The van der Waals surface area contributed by atoms with Crippen LogP contribution >= 0.6 is 11.6 Å². The first-order valence-electron chi connectivity index (χ1n) is 9.38. The fourth-order valence-corrected chi connectivity index (χ4v) is 3.21. The van der Waals surface area contributed by atoms with Crippen LogP contribution in [0.2, 0.25) is 5.02 Å². The number of anilines is 2. The summed E-state index contributed by atoms with van der Waals surface area (Å²) in [5.74, 6) is 0.442. The van der Waals surface area contributed by atoms with E-state index < -0.39 is 0 Å². The van der Waals surface area contributed by atoms with E-state index in [0.717, 1.165) is 22.3 Å². The Hall–Kier alpha value is -3.42. The van der Waals surface area contributed by atoms with Crippen LogP contribution in [0.3, 0.4) is 0 Å². The molecule has 0 radical (unpaired) electrons. The van der Waals surface area contributed by atoms with Gasteiger partial charge in [-0.15, -0.1) is 0 Å². The lowest BCUT2D eigenvalue weighted by Gasteiger charge is -2.09. The Morgan fingerprint density at radius 3 is 2.77 bits per heavy atom. The Bertz CT molecular complexity index is 1170. The zero-order chi connectivity index (χ0) is 20.9. The van der Waals surface area contributed by atoms with Gasteiger partial charge >= 0.3 is 0 Å². The highest BCUT2D eigenvalue weighted by Crippen LogP contribution is 2.27. The Morgan fingerprint density at radius 1 is 1.13 bits per heavy atom. The highest BCUT2D eigenvalue weighted by atomic mass is 35.5. The van der Waals surface area contributed by atoms with Gasteiger partial charge in [0.25, 0.3) is 5.91 Å². The number of aromatic nitrogens is 3. The molecular formula is C22H20ClN5O2. The predicted molar refractivity (Wildman–Crippen MR) is 118 cm³/mol. The number of fused-ring (bicyclic) bond motifs is 1. The van der Waals surface area contributed by atoms with Crippen molar-refractivity contribution in [3.05, 3.63) is 77.6 Å². The third-order valence-electron chi connectivity index (χ3n) is 4.54. The summed E-state index contributed by atoms with van der Waals surface area (Å²) in [4.78, 5) is 16.5. The second-order valence-corrected chi connectivity index (χ2v) is 7.00.